The lowest BCUT2D eigenvalue weighted by Crippen LogP contribution is -2.20. The van der Waals surface area contributed by atoms with Crippen LogP contribution in [0, 0.1) is 19.3 Å². The molecule has 1 fully saturated rings. The lowest BCUT2D eigenvalue weighted by molar-refractivity contribution is -0.147. The number of hydrogen-bond acceptors (Lipinski definition) is 2. The lowest BCUT2D eigenvalue weighted by Gasteiger charge is -2.14. The van der Waals surface area contributed by atoms with Gasteiger partial charge in [0.25, 0.3) is 0 Å². The van der Waals surface area contributed by atoms with E-state index in [0.717, 1.165) is 19.3 Å². The van der Waals surface area contributed by atoms with Crippen molar-refractivity contribution in [3.05, 3.63) is 34.9 Å². The highest BCUT2D eigenvalue weighted by Crippen LogP contribution is 2.49. The summed E-state index contributed by atoms with van der Waals surface area (Å²) in [6.45, 7) is 4.19. The van der Waals surface area contributed by atoms with Gasteiger partial charge in [0.05, 0.1) is 12.5 Å². The minimum atomic E-state index is -0.214. The maximum Gasteiger partial charge on any atom is 0.312 e. The van der Waals surface area contributed by atoms with Crippen molar-refractivity contribution in [2.75, 3.05) is 7.11 Å². The molecule has 0 spiro atoms. The standard InChI is InChI=1S/C14H18O2/c1-10-4-5-12(11(2)8-10)9-14(6-7-14)13(15)16-3/h4-5,8H,6-7,9H2,1-3H3. The van der Waals surface area contributed by atoms with Crippen LogP contribution in [0.2, 0.25) is 0 Å². The molecule has 0 radical (unpaired) electrons. The molecular weight excluding hydrogens is 200 g/mol. The van der Waals surface area contributed by atoms with Crippen molar-refractivity contribution in [1.29, 1.82) is 0 Å². The number of rotatable bonds is 3. The third-order valence-electron chi connectivity index (χ3n) is 3.50. The molecule has 1 aliphatic rings. The van der Waals surface area contributed by atoms with Crippen LogP contribution in [0.1, 0.15) is 29.5 Å². The molecule has 0 bridgehead atoms. The maximum absolute atomic E-state index is 11.7. The van der Waals surface area contributed by atoms with Crippen molar-refractivity contribution >= 4 is 5.97 Å². The highest BCUT2D eigenvalue weighted by atomic mass is 16.5. The first kappa shape index (κ1) is 11.2. The summed E-state index contributed by atoms with van der Waals surface area (Å²) in [7, 11) is 1.48. The van der Waals surface area contributed by atoms with Crippen LogP contribution in [0.25, 0.3) is 0 Å². The van der Waals surface area contributed by atoms with Crippen LogP contribution in [-0.2, 0) is 16.0 Å². The Kier molecular flexibility index (Phi) is 2.75. The van der Waals surface area contributed by atoms with Gasteiger partial charge < -0.3 is 4.74 Å². The summed E-state index contributed by atoms with van der Waals surface area (Å²) in [6, 6.07) is 6.41. The number of esters is 1. The quantitative estimate of drug-likeness (QED) is 0.729. The zero-order chi connectivity index (χ0) is 11.8. The fourth-order valence-electron chi connectivity index (χ4n) is 2.23. The van der Waals surface area contributed by atoms with Crippen LogP contribution in [-0.4, -0.2) is 13.1 Å². The predicted molar refractivity (Wildman–Crippen MR) is 63.3 cm³/mol. The summed E-state index contributed by atoms with van der Waals surface area (Å²) >= 11 is 0. The molecule has 0 N–H and O–H groups in total. The normalized spacial score (nSPS) is 16.9. The first-order chi connectivity index (χ1) is 7.57. The second-order valence-corrected chi connectivity index (χ2v) is 4.88. The number of hydrogen-bond donors (Lipinski definition) is 0. The zero-order valence-corrected chi connectivity index (χ0v) is 10.2. The minimum Gasteiger partial charge on any atom is -0.469 e. The molecule has 2 heteroatoms. The molecule has 0 amide bonds. The van der Waals surface area contributed by atoms with E-state index in [1.165, 1.54) is 23.8 Å². The van der Waals surface area contributed by atoms with Gasteiger partial charge in [0.1, 0.15) is 0 Å². The van der Waals surface area contributed by atoms with Gasteiger partial charge >= 0.3 is 5.97 Å². The Bertz CT molecular complexity index is 417. The fraction of sp³-hybridized carbons (Fsp3) is 0.500. The van der Waals surface area contributed by atoms with E-state index in [0.29, 0.717) is 0 Å². The molecule has 2 rings (SSSR count). The number of carbonyl (C=O) groups excluding carboxylic acids is 1. The molecule has 1 saturated carbocycles. The van der Waals surface area contributed by atoms with E-state index in [2.05, 4.69) is 32.0 Å². The lowest BCUT2D eigenvalue weighted by atomic mass is 9.93. The summed E-state index contributed by atoms with van der Waals surface area (Å²) in [4.78, 5) is 11.7. The van der Waals surface area contributed by atoms with Crippen LogP contribution in [0.5, 0.6) is 0 Å². The largest absolute Gasteiger partial charge is 0.469 e. The van der Waals surface area contributed by atoms with Gasteiger partial charge in [0, 0.05) is 0 Å². The molecule has 0 saturated heterocycles. The second kappa shape index (κ2) is 3.93. The van der Waals surface area contributed by atoms with E-state index in [9.17, 15) is 4.79 Å². The number of carbonyl (C=O) groups is 1. The summed E-state index contributed by atoms with van der Waals surface area (Å²) < 4.78 is 4.87. The Hall–Kier alpha value is -1.31. The highest BCUT2D eigenvalue weighted by molar-refractivity contribution is 5.80. The van der Waals surface area contributed by atoms with Crippen LogP contribution in [0.3, 0.4) is 0 Å². The van der Waals surface area contributed by atoms with Crippen LogP contribution < -0.4 is 0 Å². The molecule has 0 aliphatic heterocycles. The molecule has 0 unspecified atom stereocenters. The molecule has 1 aromatic carbocycles. The van der Waals surface area contributed by atoms with Crippen molar-refractivity contribution in [2.45, 2.75) is 33.1 Å². The van der Waals surface area contributed by atoms with Crippen LogP contribution in [0.15, 0.2) is 18.2 Å². The van der Waals surface area contributed by atoms with E-state index in [-0.39, 0.29) is 11.4 Å². The molecule has 1 aliphatic carbocycles. The SMILES string of the molecule is COC(=O)C1(Cc2ccc(C)cc2C)CC1. The number of benzene rings is 1. The van der Waals surface area contributed by atoms with Crippen molar-refractivity contribution in [2.24, 2.45) is 5.41 Å². The monoisotopic (exact) mass is 218 g/mol. The van der Waals surface area contributed by atoms with Gasteiger partial charge in [-0.1, -0.05) is 23.8 Å². The van der Waals surface area contributed by atoms with E-state index < -0.39 is 0 Å². The van der Waals surface area contributed by atoms with Crippen molar-refractivity contribution in [3.8, 4) is 0 Å². The van der Waals surface area contributed by atoms with Crippen molar-refractivity contribution in [3.63, 3.8) is 0 Å². The van der Waals surface area contributed by atoms with E-state index in [1.807, 2.05) is 0 Å². The van der Waals surface area contributed by atoms with Gasteiger partial charge in [-0.05, 0) is 44.2 Å². The van der Waals surface area contributed by atoms with Gasteiger partial charge in [-0.2, -0.15) is 0 Å². The number of aryl methyl sites for hydroxylation is 2. The van der Waals surface area contributed by atoms with E-state index >= 15 is 0 Å². The van der Waals surface area contributed by atoms with Crippen LogP contribution >= 0.6 is 0 Å². The molecular formula is C14H18O2. The Morgan fingerprint density at radius 1 is 1.38 bits per heavy atom. The smallest absolute Gasteiger partial charge is 0.312 e. The average molecular weight is 218 g/mol. The first-order valence-corrected chi connectivity index (χ1v) is 5.72. The second-order valence-electron chi connectivity index (χ2n) is 4.88. The van der Waals surface area contributed by atoms with Gasteiger partial charge in [-0.15, -0.1) is 0 Å². The average Bonchev–Trinajstić information content (AvgIpc) is 3.02. The summed E-state index contributed by atoms with van der Waals surface area (Å²) in [5.74, 6) is -0.0486. The molecule has 16 heavy (non-hydrogen) atoms. The molecule has 2 nitrogen and oxygen atoms in total. The zero-order valence-electron chi connectivity index (χ0n) is 10.2. The highest BCUT2D eigenvalue weighted by Gasteiger charge is 2.50. The molecule has 1 aromatic rings. The summed E-state index contributed by atoms with van der Waals surface area (Å²) in [6.07, 6.45) is 2.76. The summed E-state index contributed by atoms with van der Waals surface area (Å²) in [5, 5.41) is 0. The van der Waals surface area contributed by atoms with Gasteiger partial charge in [0.15, 0.2) is 0 Å². The van der Waals surface area contributed by atoms with Crippen molar-refractivity contribution in [1.82, 2.24) is 0 Å². The van der Waals surface area contributed by atoms with E-state index in [1.54, 1.807) is 0 Å². The van der Waals surface area contributed by atoms with Crippen LogP contribution in [0.4, 0.5) is 0 Å². The Morgan fingerprint density at radius 2 is 2.06 bits per heavy atom. The van der Waals surface area contributed by atoms with Gasteiger partial charge in [0.2, 0.25) is 0 Å². The first-order valence-electron chi connectivity index (χ1n) is 5.72. The predicted octanol–water partition coefficient (Wildman–Crippen LogP) is 2.80. The Balaban J connectivity index is 2.18. The maximum atomic E-state index is 11.7. The topological polar surface area (TPSA) is 26.3 Å². The van der Waals surface area contributed by atoms with E-state index in [4.69, 9.17) is 4.74 Å². The third-order valence-corrected chi connectivity index (χ3v) is 3.50. The molecule has 0 heterocycles. The molecule has 0 atom stereocenters. The van der Waals surface area contributed by atoms with Gasteiger partial charge in [-0.25, -0.2) is 0 Å². The molecule has 0 aromatic heterocycles. The van der Waals surface area contributed by atoms with Crippen molar-refractivity contribution < 1.29 is 9.53 Å². The number of methoxy groups -OCH3 is 1. The minimum absolute atomic E-state index is 0.0486. The van der Waals surface area contributed by atoms with Gasteiger partial charge in [-0.3, -0.25) is 4.79 Å². The Morgan fingerprint density at radius 3 is 2.56 bits per heavy atom. The third kappa shape index (κ3) is 1.97. The Labute approximate surface area is 96.6 Å². The molecule has 86 valence electrons. The number of ether oxygens (including phenoxy) is 1. The fourth-order valence-corrected chi connectivity index (χ4v) is 2.23. The summed E-state index contributed by atoms with van der Waals surface area (Å²) in [5.41, 5.74) is 3.60.